The Morgan fingerprint density at radius 2 is 2.17 bits per heavy atom. The van der Waals surface area contributed by atoms with Gasteiger partial charge in [0.2, 0.25) is 0 Å². The molecule has 0 aromatic heterocycles. The van der Waals surface area contributed by atoms with Crippen LogP contribution in [0.4, 0.5) is 0 Å². The molecule has 3 heteroatoms. The molecule has 2 N–H and O–H groups in total. The zero-order valence-electron chi connectivity index (χ0n) is 11.7. The minimum atomic E-state index is -0.530. The molecule has 0 aromatic carbocycles. The highest BCUT2D eigenvalue weighted by Gasteiger charge is 2.39. The lowest BCUT2D eigenvalue weighted by molar-refractivity contribution is 0.131. The highest BCUT2D eigenvalue weighted by atomic mass is 15.2. The van der Waals surface area contributed by atoms with Crippen molar-refractivity contribution in [3.8, 4) is 6.07 Å². The van der Waals surface area contributed by atoms with Gasteiger partial charge < -0.3 is 10.6 Å². The van der Waals surface area contributed by atoms with E-state index in [0.717, 1.165) is 38.3 Å². The third-order valence-corrected chi connectivity index (χ3v) is 5.06. The van der Waals surface area contributed by atoms with Gasteiger partial charge in [-0.2, -0.15) is 5.26 Å². The van der Waals surface area contributed by atoms with E-state index in [1.54, 1.807) is 0 Å². The van der Waals surface area contributed by atoms with Crippen molar-refractivity contribution in [3.05, 3.63) is 0 Å². The smallest absolute Gasteiger partial charge is 0.107 e. The number of nitriles is 1. The molecule has 1 saturated heterocycles. The Morgan fingerprint density at radius 1 is 1.33 bits per heavy atom. The fourth-order valence-corrected chi connectivity index (χ4v) is 3.79. The van der Waals surface area contributed by atoms with E-state index in [4.69, 9.17) is 5.73 Å². The van der Waals surface area contributed by atoms with Gasteiger partial charge in [0.05, 0.1) is 6.07 Å². The summed E-state index contributed by atoms with van der Waals surface area (Å²) in [6, 6.07) is 3.14. The van der Waals surface area contributed by atoms with Crippen molar-refractivity contribution in [2.45, 2.75) is 69.9 Å². The van der Waals surface area contributed by atoms with Crippen molar-refractivity contribution in [3.63, 3.8) is 0 Å². The van der Waals surface area contributed by atoms with Crippen LogP contribution >= 0.6 is 0 Å². The lowest BCUT2D eigenvalue weighted by Gasteiger charge is -2.36. The number of likely N-dealkylation sites (tertiary alicyclic amines) is 1. The second kappa shape index (κ2) is 6.04. The number of piperidine rings is 1. The van der Waals surface area contributed by atoms with Gasteiger partial charge in [0.15, 0.2) is 0 Å². The summed E-state index contributed by atoms with van der Waals surface area (Å²) in [5, 5.41) is 9.24. The molecule has 2 aliphatic rings. The molecule has 0 bridgehead atoms. The molecule has 2 rings (SSSR count). The summed E-state index contributed by atoms with van der Waals surface area (Å²) < 4.78 is 0. The van der Waals surface area contributed by atoms with Crippen LogP contribution < -0.4 is 5.73 Å². The maximum Gasteiger partial charge on any atom is 0.107 e. The maximum atomic E-state index is 9.24. The van der Waals surface area contributed by atoms with Crippen LogP contribution in [-0.4, -0.2) is 29.6 Å². The summed E-state index contributed by atoms with van der Waals surface area (Å²) in [7, 11) is 0. The summed E-state index contributed by atoms with van der Waals surface area (Å²) >= 11 is 0. The van der Waals surface area contributed by atoms with Gasteiger partial charge in [-0.05, 0) is 57.5 Å². The van der Waals surface area contributed by atoms with E-state index < -0.39 is 5.54 Å². The van der Waals surface area contributed by atoms with Gasteiger partial charge in [-0.3, -0.25) is 0 Å². The fourth-order valence-electron chi connectivity index (χ4n) is 3.79. The van der Waals surface area contributed by atoms with Crippen LogP contribution in [0.25, 0.3) is 0 Å². The monoisotopic (exact) mass is 249 g/mol. The Hall–Kier alpha value is -0.590. The standard InChI is InChI=1S/C15H27N3/c1-2-14-7-3-4-10-18(14)11-8-13-6-5-9-15(13,17)12-16/h13-14H,2-11,17H2,1H3. The van der Waals surface area contributed by atoms with Crippen LogP contribution in [-0.2, 0) is 0 Å². The number of hydrogen-bond acceptors (Lipinski definition) is 3. The first kappa shape index (κ1) is 13.8. The minimum absolute atomic E-state index is 0.418. The van der Waals surface area contributed by atoms with Crippen LogP contribution in [0.1, 0.15) is 58.3 Å². The SMILES string of the molecule is CCC1CCCCN1CCC1CCCC1(N)C#N. The predicted octanol–water partition coefficient (Wildman–Crippen LogP) is 2.66. The first-order valence-electron chi connectivity index (χ1n) is 7.64. The van der Waals surface area contributed by atoms with E-state index in [1.165, 1.54) is 32.2 Å². The molecule has 3 unspecified atom stereocenters. The Labute approximate surface area is 111 Å². The van der Waals surface area contributed by atoms with E-state index in [1.807, 2.05) is 0 Å². The van der Waals surface area contributed by atoms with Crippen LogP contribution in [0.5, 0.6) is 0 Å². The van der Waals surface area contributed by atoms with Crippen LogP contribution in [0.3, 0.4) is 0 Å². The molecule has 2 fully saturated rings. The second-order valence-corrected chi connectivity index (χ2v) is 6.12. The Balaban J connectivity index is 1.85. The topological polar surface area (TPSA) is 53.0 Å². The lowest BCUT2D eigenvalue weighted by atomic mass is 9.86. The highest BCUT2D eigenvalue weighted by Crippen LogP contribution is 2.36. The van der Waals surface area contributed by atoms with E-state index in [0.29, 0.717) is 5.92 Å². The second-order valence-electron chi connectivity index (χ2n) is 6.12. The summed E-state index contributed by atoms with van der Waals surface area (Å²) in [6.07, 6.45) is 9.63. The van der Waals surface area contributed by atoms with Crippen molar-refractivity contribution >= 4 is 0 Å². The molecule has 1 heterocycles. The van der Waals surface area contributed by atoms with Gasteiger partial charge in [-0.15, -0.1) is 0 Å². The summed E-state index contributed by atoms with van der Waals surface area (Å²) in [5.74, 6) is 0.418. The van der Waals surface area contributed by atoms with Gasteiger partial charge in [-0.25, -0.2) is 0 Å². The van der Waals surface area contributed by atoms with Crippen molar-refractivity contribution in [1.82, 2.24) is 4.90 Å². The average Bonchev–Trinajstić information content (AvgIpc) is 2.79. The third kappa shape index (κ3) is 2.87. The number of rotatable bonds is 4. The minimum Gasteiger partial charge on any atom is -0.313 e. The molecule has 102 valence electrons. The van der Waals surface area contributed by atoms with Gasteiger partial charge in [0.1, 0.15) is 5.54 Å². The molecule has 0 aromatic rings. The summed E-state index contributed by atoms with van der Waals surface area (Å²) in [5.41, 5.74) is 5.68. The molecular formula is C15H27N3. The average molecular weight is 249 g/mol. The van der Waals surface area contributed by atoms with E-state index in [-0.39, 0.29) is 0 Å². The van der Waals surface area contributed by atoms with Crippen molar-refractivity contribution in [2.75, 3.05) is 13.1 Å². The van der Waals surface area contributed by atoms with E-state index in [2.05, 4.69) is 17.9 Å². The van der Waals surface area contributed by atoms with Crippen LogP contribution in [0.2, 0.25) is 0 Å². The molecule has 3 nitrogen and oxygen atoms in total. The molecular weight excluding hydrogens is 222 g/mol. The summed E-state index contributed by atoms with van der Waals surface area (Å²) in [4.78, 5) is 2.64. The van der Waals surface area contributed by atoms with E-state index in [9.17, 15) is 5.26 Å². The highest BCUT2D eigenvalue weighted by molar-refractivity contribution is 5.12. The molecule has 1 aliphatic carbocycles. The van der Waals surface area contributed by atoms with Gasteiger partial charge >= 0.3 is 0 Å². The van der Waals surface area contributed by atoms with Crippen LogP contribution in [0, 0.1) is 17.2 Å². The van der Waals surface area contributed by atoms with Gasteiger partial charge in [0, 0.05) is 6.04 Å². The van der Waals surface area contributed by atoms with Crippen molar-refractivity contribution in [1.29, 1.82) is 5.26 Å². The summed E-state index contributed by atoms with van der Waals surface area (Å²) in [6.45, 7) is 4.68. The maximum absolute atomic E-state index is 9.24. The third-order valence-electron chi connectivity index (χ3n) is 5.06. The van der Waals surface area contributed by atoms with E-state index >= 15 is 0 Å². The molecule has 0 radical (unpaired) electrons. The zero-order valence-corrected chi connectivity index (χ0v) is 11.7. The predicted molar refractivity (Wildman–Crippen MR) is 74.0 cm³/mol. The Bertz CT molecular complexity index is 309. The first-order chi connectivity index (χ1) is 8.69. The first-order valence-corrected chi connectivity index (χ1v) is 7.64. The number of nitrogens with zero attached hydrogens (tertiary/aromatic N) is 2. The molecule has 1 saturated carbocycles. The quantitative estimate of drug-likeness (QED) is 0.833. The van der Waals surface area contributed by atoms with Gasteiger partial charge in [0.25, 0.3) is 0 Å². The molecule has 1 aliphatic heterocycles. The van der Waals surface area contributed by atoms with Crippen molar-refractivity contribution < 1.29 is 0 Å². The van der Waals surface area contributed by atoms with Crippen LogP contribution in [0.15, 0.2) is 0 Å². The normalized spacial score (nSPS) is 37.6. The fraction of sp³-hybridized carbons (Fsp3) is 0.933. The Kier molecular flexibility index (Phi) is 4.64. The largest absolute Gasteiger partial charge is 0.313 e. The Morgan fingerprint density at radius 3 is 2.89 bits per heavy atom. The molecule has 18 heavy (non-hydrogen) atoms. The molecule has 3 atom stereocenters. The molecule has 0 spiro atoms. The number of nitrogens with two attached hydrogens (primary N) is 1. The molecule has 0 amide bonds. The van der Waals surface area contributed by atoms with Crippen molar-refractivity contribution in [2.24, 2.45) is 11.7 Å². The lowest BCUT2D eigenvalue weighted by Crippen LogP contribution is -2.45. The zero-order chi connectivity index (χ0) is 13.0. The number of hydrogen-bond donors (Lipinski definition) is 1. The van der Waals surface area contributed by atoms with Gasteiger partial charge in [-0.1, -0.05) is 19.8 Å².